The summed E-state index contributed by atoms with van der Waals surface area (Å²) in [6.45, 7) is -0.399. The van der Waals surface area contributed by atoms with Gasteiger partial charge in [-0.25, -0.2) is 19.6 Å². The monoisotopic (exact) mass is 766 g/mol. The van der Waals surface area contributed by atoms with Crippen molar-refractivity contribution in [1.29, 1.82) is 0 Å². The van der Waals surface area contributed by atoms with Crippen molar-refractivity contribution in [2.24, 2.45) is 0 Å². The van der Waals surface area contributed by atoms with E-state index in [0.717, 1.165) is 0 Å². The number of carbonyl (C=O) groups is 6. The molecule has 2 aromatic heterocycles. The topological polar surface area (TPSA) is 355 Å². The maximum absolute atomic E-state index is 12.8. The average molecular weight is 767 g/mol. The molecule has 0 aliphatic rings. The Balaban J connectivity index is 1.58. The predicted octanol–water partition coefficient (Wildman–Crippen LogP) is -2.75. The molecule has 24 heteroatoms. The summed E-state index contributed by atoms with van der Waals surface area (Å²) in [5.41, 5.74) is 6.01. The quantitative estimate of drug-likeness (QED) is 0.0435. The lowest BCUT2D eigenvalue weighted by atomic mass is 10.1. The van der Waals surface area contributed by atoms with Gasteiger partial charge in [-0.3, -0.25) is 33.5 Å². The predicted molar refractivity (Wildman–Crippen MR) is 184 cm³/mol. The first kappa shape index (κ1) is 40.5. The number of amides is 4. The van der Waals surface area contributed by atoms with Gasteiger partial charge in [0.2, 0.25) is 23.7 Å². The Morgan fingerprint density at radius 3 is 2.21 bits per heavy atom. The highest BCUT2D eigenvalue weighted by Gasteiger charge is 2.29. The molecule has 11 N–H and O–H groups in total. The van der Waals surface area contributed by atoms with Crippen LogP contribution >= 0.6 is 12.6 Å². The lowest BCUT2D eigenvalue weighted by Crippen LogP contribution is -2.53. The van der Waals surface area contributed by atoms with Crippen LogP contribution in [0.3, 0.4) is 0 Å². The number of carbonyl (C=O) groups excluding carboxylic acids is 4. The van der Waals surface area contributed by atoms with Crippen molar-refractivity contribution in [2.75, 3.05) is 29.1 Å². The third-order valence-electron chi connectivity index (χ3n) is 6.89. The molecule has 280 valence electrons. The van der Waals surface area contributed by atoms with Crippen molar-refractivity contribution in [1.82, 2.24) is 41.2 Å². The van der Waals surface area contributed by atoms with E-state index in [1.54, 1.807) is 0 Å². The van der Waals surface area contributed by atoms with E-state index in [0.29, 0.717) is 11.4 Å². The molecular formula is C28H34N10O12S2. The summed E-state index contributed by atoms with van der Waals surface area (Å²) in [6, 6.07) is 1.07. The number of benzene rings is 1. The van der Waals surface area contributed by atoms with Crippen molar-refractivity contribution >= 4 is 81.1 Å². The van der Waals surface area contributed by atoms with Crippen LogP contribution in [0.25, 0.3) is 11.2 Å². The largest absolute Gasteiger partial charge is 0.480 e. The van der Waals surface area contributed by atoms with Crippen LogP contribution in [-0.4, -0.2) is 115 Å². The Bertz CT molecular complexity index is 1990. The van der Waals surface area contributed by atoms with Crippen LogP contribution in [0, 0.1) is 0 Å². The van der Waals surface area contributed by atoms with E-state index in [2.05, 4.69) is 59.1 Å². The molecule has 3 atom stereocenters. The molecule has 0 spiro atoms. The molecule has 0 saturated carbocycles. The van der Waals surface area contributed by atoms with Gasteiger partial charge >= 0.3 is 11.9 Å². The van der Waals surface area contributed by atoms with Gasteiger partial charge in [-0.2, -0.15) is 26.0 Å². The van der Waals surface area contributed by atoms with Crippen molar-refractivity contribution in [3.63, 3.8) is 0 Å². The summed E-state index contributed by atoms with van der Waals surface area (Å²) in [5.74, 6) is -8.03. The lowest BCUT2D eigenvalue weighted by Gasteiger charge is -2.21. The van der Waals surface area contributed by atoms with Gasteiger partial charge in [0.05, 0.1) is 30.6 Å². The minimum atomic E-state index is -4.42. The number of aromatic nitrogens is 4. The fourth-order valence-electron chi connectivity index (χ4n) is 4.27. The summed E-state index contributed by atoms with van der Waals surface area (Å²) < 4.78 is 30.6. The van der Waals surface area contributed by atoms with E-state index in [1.165, 1.54) is 30.5 Å². The van der Waals surface area contributed by atoms with Crippen molar-refractivity contribution < 1.29 is 52.0 Å². The molecule has 0 aliphatic carbocycles. The maximum atomic E-state index is 12.8. The molecule has 22 nitrogen and oxygen atoms in total. The van der Waals surface area contributed by atoms with Crippen LogP contribution in [-0.2, 0) is 40.6 Å². The molecule has 1 aromatic carbocycles. The number of fused-ring (bicyclic) bond motifs is 1. The number of carboxylic acid groups (broad SMARTS) is 2. The summed E-state index contributed by atoms with van der Waals surface area (Å²) >= 11 is 3.83. The van der Waals surface area contributed by atoms with Crippen LogP contribution < -0.4 is 37.9 Å². The number of nitrogen functional groups attached to an aromatic ring is 1. The molecule has 0 bridgehead atoms. The van der Waals surface area contributed by atoms with Gasteiger partial charge in [-0.05, 0) is 30.7 Å². The third-order valence-corrected chi connectivity index (χ3v) is 7.98. The van der Waals surface area contributed by atoms with E-state index >= 15 is 0 Å². The molecular weight excluding hydrogens is 733 g/mol. The van der Waals surface area contributed by atoms with Crippen LogP contribution in [0.4, 0.5) is 11.6 Å². The normalized spacial score (nSPS) is 12.9. The fraction of sp³-hybridized carbons (Fsp3) is 0.357. The molecule has 1 unspecified atom stereocenters. The molecule has 3 aromatic rings. The molecule has 0 saturated heterocycles. The Morgan fingerprint density at radius 1 is 0.923 bits per heavy atom. The van der Waals surface area contributed by atoms with Gasteiger partial charge in [0.15, 0.2) is 11.2 Å². The van der Waals surface area contributed by atoms with Gasteiger partial charge in [0.1, 0.15) is 18.1 Å². The first-order chi connectivity index (χ1) is 24.4. The summed E-state index contributed by atoms with van der Waals surface area (Å²) in [6.07, 6.45) is -0.422. The summed E-state index contributed by atoms with van der Waals surface area (Å²) in [7, 11) is -4.42. The van der Waals surface area contributed by atoms with Gasteiger partial charge in [0.25, 0.3) is 21.6 Å². The number of nitrogens with two attached hydrogens (primary N) is 1. The van der Waals surface area contributed by atoms with Crippen molar-refractivity contribution in [3.05, 3.63) is 52.1 Å². The standard InChI is InChI=1S/C28H34N10O12S2/c29-28-37-22-21(25(43)38-28)33-15(11-32-22)10-31-14-3-1-13(2-4-14)23(41)35-16(26(44)45)5-6-19(39)34-17(24(42)36-18(12-51)27(46)47)9-20(40)30-7-8-52(48,49)50/h1-4,11,16-18,31,51H,5-10,12H2,(H,30,40)(H,34,39)(H,35,41)(H,36,42)(H,44,45)(H,46,47)(H,48,49,50)(H3,29,32,37,38,43)/t16-,17-,18?/m0/s1. The van der Waals surface area contributed by atoms with E-state index in [4.69, 9.17) is 10.3 Å². The minimum absolute atomic E-state index is 0.00618. The van der Waals surface area contributed by atoms with Crippen molar-refractivity contribution in [3.8, 4) is 0 Å². The number of aromatic amines is 1. The van der Waals surface area contributed by atoms with E-state index in [-0.39, 0.29) is 35.0 Å². The smallest absolute Gasteiger partial charge is 0.327 e. The summed E-state index contributed by atoms with van der Waals surface area (Å²) in [4.78, 5) is 100. The number of nitrogens with zero attached hydrogens (tertiary/aromatic N) is 3. The second-order valence-corrected chi connectivity index (χ2v) is 12.8. The lowest BCUT2D eigenvalue weighted by molar-refractivity contribution is -0.141. The van der Waals surface area contributed by atoms with Gasteiger partial charge in [0, 0.05) is 30.0 Å². The van der Waals surface area contributed by atoms with Crippen LogP contribution in [0.5, 0.6) is 0 Å². The highest BCUT2D eigenvalue weighted by Crippen LogP contribution is 2.12. The Hall–Kier alpha value is -5.88. The van der Waals surface area contributed by atoms with Gasteiger partial charge < -0.3 is 42.5 Å². The summed E-state index contributed by atoms with van der Waals surface area (Å²) in [5, 5.41) is 30.6. The van der Waals surface area contributed by atoms with E-state index < -0.39 is 101 Å². The number of thiol groups is 1. The number of carboxylic acids is 2. The van der Waals surface area contributed by atoms with Crippen LogP contribution in [0.15, 0.2) is 35.3 Å². The fourth-order valence-corrected chi connectivity index (χ4v) is 4.88. The number of H-pyrrole nitrogens is 1. The molecule has 2 heterocycles. The molecule has 4 amide bonds. The molecule has 0 aliphatic heterocycles. The second-order valence-electron chi connectivity index (χ2n) is 10.9. The highest BCUT2D eigenvalue weighted by molar-refractivity contribution is 7.85. The average Bonchev–Trinajstić information content (AvgIpc) is 3.07. The number of hydrogen-bond donors (Lipinski definition) is 11. The second kappa shape index (κ2) is 18.4. The molecule has 52 heavy (non-hydrogen) atoms. The zero-order chi connectivity index (χ0) is 38.6. The molecule has 0 radical (unpaired) electrons. The first-order valence-electron chi connectivity index (χ1n) is 15.0. The van der Waals surface area contributed by atoms with Crippen LogP contribution in [0.1, 0.15) is 35.3 Å². The molecule has 3 rings (SSSR count). The zero-order valence-electron chi connectivity index (χ0n) is 26.9. The number of nitrogens with one attached hydrogen (secondary N) is 6. The van der Waals surface area contributed by atoms with Crippen molar-refractivity contribution in [2.45, 2.75) is 43.9 Å². The van der Waals surface area contributed by atoms with Crippen LogP contribution in [0.2, 0.25) is 0 Å². The van der Waals surface area contributed by atoms with E-state index in [9.17, 15) is 52.2 Å². The first-order valence-corrected chi connectivity index (χ1v) is 17.2. The highest BCUT2D eigenvalue weighted by atomic mass is 32.2. The number of rotatable bonds is 19. The minimum Gasteiger partial charge on any atom is -0.480 e. The number of anilines is 2. The zero-order valence-corrected chi connectivity index (χ0v) is 28.6. The number of aliphatic carboxylic acids is 2. The SMILES string of the molecule is Nc1nc2ncc(CNc3ccc(C(=O)N[C@@H](CCC(=O)N[C@@H](CC(=O)NCCS(=O)(=O)O)C(=O)NC(CS)C(=O)O)C(=O)O)cc3)nc2c(=O)[nH]1. The Morgan fingerprint density at radius 2 is 1.60 bits per heavy atom. The van der Waals surface area contributed by atoms with Gasteiger partial charge in [-0.15, -0.1) is 0 Å². The third kappa shape index (κ3) is 12.8. The number of hydrogen-bond acceptors (Lipinski definition) is 15. The maximum Gasteiger partial charge on any atom is 0.327 e. The van der Waals surface area contributed by atoms with E-state index in [1.807, 2.05) is 0 Å². The van der Waals surface area contributed by atoms with Gasteiger partial charge in [-0.1, -0.05) is 0 Å². The molecule has 0 fully saturated rings. The Kier molecular flexibility index (Phi) is 14.3. The Labute approximate surface area is 298 Å².